The lowest BCUT2D eigenvalue weighted by Crippen LogP contribution is -2.34. The highest BCUT2D eigenvalue weighted by atomic mass is 16.3. The second-order valence-electron chi connectivity index (χ2n) is 4.01. The van der Waals surface area contributed by atoms with E-state index in [4.69, 9.17) is 10.8 Å². The molecule has 1 heterocycles. The van der Waals surface area contributed by atoms with Crippen LogP contribution in [0.2, 0.25) is 0 Å². The fourth-order valence-corrected chi connectivity index (χ4v) is 2.05. The van der Waals surface area contributed by atoms with Gasteiger partial charge in [-0.3, -0.25) is 4.90 Å². The average molecular weight is 215 g/mol. The van der Waals surface area contributed by atoms with Gasteiger partial charge in [-0.2, -0.15) is 0 Å². The number of amides is 2. The van der Waals surface area contributed by atoms with E-state index in [1.807, 2.05) is 0 Å². The third-order valence-corrected chi connectivity index (χ3v) is 2.88. The molecule has 0 spiro atoms. The Morgan fingerprint density at radius 1 is 1.53 bits per heavy atom. The first-order valence-corrected chi connectivity index (χ1v) is 5.62. The van der Waals surface area contributed by atoms with Crippen molar-refractivity contribution in [2.45, 2.75) is 31.7 Å². The standard InChI is InChI=1S/C10H21N3O2/c11-10(15)12-5-1-2-6-13-7-3-4-9(13)8-14/h9,14H,1-8H2,(H3,11,12,15). The maximum Gasteiger partial charge on any atom is 0.312 e. The highest BCUT2D eigenvalue weighted by Gasteiger charge is 2.22. The smallest absolute Gasteiger partial charge is 0.312 e. The number of aliphatic hydroxyl groups excluding tert-OH is 1. The quantitative estimate of drug-likeness (QED) is 0.541. The molecule has 0 aliphatic carbocycles. The van der Waals surface area contributed by atoms with Crippen LogP contribution in [0.4, 0.5) is 4.79 Å². The van der Waals surface area contributed by atoms with Gasteiger partial charge in [-0.1, -0.05) is 0 Å². The second kappa shape index (κ2) is 6.63. The highest BCUT2D eigenvalue weighted by Crippen LogP contribution is 2.16. The zero-order valence-corrected chi connectivity index (χ0v) is 9.11. The monoisotopic (exact) mass is 215 g/mol. The number of unbranched alkanes of at least 4 members (excludes halogenated alkanes) is 1. The van der Waals surface area contributed by atoms with Gasteiger partial charge in [0.15, 0.2) is 0 Å². The first-order chi connectivity index (χ1) is 7.24. The van der Waals surface area contributed by atoms with Gasteiger partial charge >= 0.3 is 6.03 Å². The van der Waals surface area contributed by atoms with Crippen LogP contribution in [0.25, 0.3) is 0 Å². The van der Waals surface area contributed by atoms with Crippen molar-refractivity contribution in [2.75, 3.05) is 26.2 Å². The Hall–Kier alpha value is -0.810. The van der Waals surface area contributed by atoms with Crippen LogP contribution in [-0.4, -0.2) is 48.3 Å². The Labute approximate surface area is 90.6 Å². The predicted molar refractivity (Wildman–Crippen MR) is 58.5 cm³/mol. The first-order valence-electron chi connectivity index (χ1n) is 5.62. The third kappa shape index (κ3) is 4.48. The molecule has 1 fully saturated rings. The van der Waals surface area contributed by atoms with Gasteiger partial charge in [0.2, 0.25) is 0 Å². The van der Waals surface area contributed by atoms with Crippen molar-refractivity contribution < 1.29 is 9.90 Å². The van der Waals surface area contributed by atoms with Crippen molar-refractivity contribution >= 4 is 6.03 Å². The van der Waals surface area contributed by atoms with E-state index in [9.17, 15) is 4.79 Å². The number of carbonyl (C=O) groups is 1. The van der Waals surface area contributed by atoms with E-state index in [-0.39, 0.29) is 6.61 Å². The lowest BCUT2D eigenvalue weighted by atomic mass is 10.2. The van der Waals surface area contributed by atoms with Gasteiger partial charge in [0.25, 0.3) is 0 Å². The number of primary amides is 1. The number of hydrogen-bond donors (Lipinski definition) is 3. The van der Waals surface area contributed by atoms with E-state index in [0.717, 1.165) is 32.4 Å². The van der Waals surface area contributed by atoms with Crippen molar-refractivity contribution in [1.82, 2.24) is 10.2 Å². The Morgan fingerprint density at radius 3 is 3.00 bits per heavy atom. The van der Waals surface area contributed by atoms with Crippen LogP contribution < -0.4 is 11.1 Å². The molecule has 88 valence electrons. The van der Waals surface area contributed by atoms with Crippen molar-refractivity contribution in [3.05, 3.63) is 0 Å². The minimum atomic E-state index is -0.454. The molecule has 1 aliphatic heterocycles. The predicted octanol–water partition coefficient (Wildman–Crippen LogP) is -0.108. The molecule has 15 heavy (non-hydrogen) atoms. The van der Waals surface area contributed by atoms with Gasteiger partial charge in [0.05, 0.1) is 6.61 Å². The minimum Gasteiger partial charge on any atom is -0.395 e. The molecule has 0 saturated carbocycles. The molecule has 0 aromatic carbocycles. The van der Waals surface area contributed by atoms with E-state index in [1.165, 1.54) is 6.42 Å². The summed E-state index contributed by atoms with van der Waals surface area (Å²) in [5.74, 6) is 0. The number of hydrogen-bond acceptors (Lipinski definition) is 3. The number of nitrogens with one attached hydrogen (secondary N) is 1. The Bertz CT molecular complexity index is 199. The summed E-state index contributed by atoms with van der Waals surface area (Å²) in [5, 5.41) is 11.7. The molecule has 1 aliphatic rings. The maximum absolute atomic E-state index is 10.4. The Morgan fingerprint density at radius 2 is 2.33 bits per heavy atom. The van der Waals surface area contributed by atoms with Crippen LogP contribution in [0.3, 0.4) is 0 Å². The molecule has 0 aromatic rings. The van der Waals surface area contributed by atoms with Gasteiger partial charge < -0.3 is 16.2 Å². The molecule has 1 saturated heterocycles. The molecular formula is C10H21N3O2. The Balaban J connectivity index is 2.02. The number of aliphatic hydroxyl groups is 1. The number of carbonyl (C=O) groups excluding carboxylic acids is 1. The number of nitrogens with two attached hydrogens (primary N) is 1. The van der Waals surface area contributed by atoms with E-state index < -0.39 is 6.03 Å². The molecule has 0 bridgehead atoms. The van der Waals surface area contributed by atoms with E-state index in [2.05, 4.69) is 10.2 Å². The van der Waals surface area contributed by atoms with Crippen molar-refractivity contribution in [3.8, 4) is 0 Å². The van der Waals surface area contributed by atoms with Crippen molar-refractivity contribution in [3.63, 3.8) is 0 Å². The molecule has 5 nitrogen and oxygen atoms in total. The lowest BCUT2D eigenvalue weighted by molar-refractivity contribution is 0.157. The highest BCUT2D eigenvalue weighted by molar-refractivity contribution is 5.71. The molecule has 1 atom stereocenters. The van der Waals surface area contributed by atoms with E-state index in [0.29, 0.717) is 12.6 Å². The largest absolute Gasteiger partial charge is 0.395 e. The lowest BCUT2D eigenvalue weighted by Gasteiger charge is -2.22. The van der Waals surface area contributed by atoms with Crippen LogP contribution in [0.5, 0.6) is 0 Å². The molecule has 1 rings (SSSR count). The fourth-order valence-electron chi connectivity index (χ4n) is 2.05. The minimum absolute atomic E-state index is 0.263. The van der Waals surface area contributed by atoms with Crippen LogP contribution in [-0.2, 0) is 0 Å². The molecular weight excluding hydrogens is 194 g/mol. The zero-order chi connectivity index (χ0) is 11.1. The molecule has 5 heteroatoms. The molecule has 0 radical (unpaired) electrons. The summed E-state index contributed by atoms with van der Waals surface area (Å²) < 4.78 is 0. The normalized spacial score (nSPS) is 21.8. The molecule has 2 amide bonds. The summed E-state index contributed by atoms with van der Waals surface area (Å²) in [5.41, 5.74) is 4.95. The van der Waals surface area contributed by atoms with Crippen LogP contribution in [0, 0.1) is 0 Å². The van der Waals surface area contributed by atoms with Crippen LogP contribution in [0.1, 0.15) is 25.7 Å². The molecule has 0 aromatic heterocycles. The van der Waals surface area contributed by atoms with Crippen molar-refractivity contribution in [1.29, 1.82) is 0 Å². The third-order valence-electron chi connectivity index (χ3n) is 2.88. The first kappa shape index (κ1) is 12.3. The summed E-state index contributed by atoms with van der Waals surface area (Å²) in [6.07, 6.45) is 4.27. The number of nitrogens with zero attached hydrogens (tertiary/aromatic N) is 1. The SMILES string of the molecule is NC(=O)NCCCCN1CCCC1CO. The Kier molecular flexibility index (Phi) is 5.42. The summed E-state index contributed by atoms with van der Waals surface area (Å²) >= 11 is 0. The number of rotatable bonds is 6. The van der Waals surface area contributed by atoms with Gasteiger partial charge in [-0.15, -0.1) is 0 Å². The van der Waals surface area contributed by atoms with Crippen LogP contribution >= 0.6 is 0 Å². The summed E-state index contributed by atoms with van der Waals surface area (Å²) in [6, 6.07) is -0.0986. The van der Waals surface area contributed by atoms with E-state index in [1.54, 1.807) is 0 Å². The van der Waals surface area contributed by atoms with E-state index >= 15 is 0 Å². The number of urea groups is 1. The average Bonchev–Trinajstić information content (AvgIpc) is 2.64. The molecule has 1 unspecified atom stereocenters. The van der Waals surface area contributed by atoms with Gasteiger partial charge in [0, 0.05) is 12.6 Å². The van der Waals surface area contributed by atoms with Gasteiger partial charge in [0.1, 0.15) is 0 Å². The summed E-state index contributed by atoms with van der Waals surface area (Å²) in [7, 11) is 0. The fraction of sp³-hybridized carbons (Fsp3) is 0.900. The number of likely N-dealkylation sites (tertiary alicyclic amines) is 1. The zero-order valence-electron chi connectivity index (χ0n) is 9.11. The second-order valence-corrected chi connectivity index (χ2v) is 4.01. The topological polar surface area (TPSA) is 78.6 Å². The van der Waals surface area contributed by atoms with Gasteiger partial charge in [-0.25, -0.2) is 4.79 Å². The summed E-state index contributed by atoms with van der Waals surface area (Å²) in [6.45, 7) is 3.01. The molecule has 4 N–H and O–H groups in total. The van der Waals surface area contributed by atoms with Crippen LogP contribution in [0.15, 0.2) is 0 Å². The van der Waals surface area contributed by atoms with Gasteiger partial charge in [-0.05, 0) is 38.8 Å². The maximum atomic E-state index is 10.4. The summed E-state index contributed by atoms with van der Waals surface area (Å²) in [4.78, 5) is 12.7. The van der Waals surface area contributed by atoms with Crippen molar-refractivity contribution in [2.24, 2.45) is 5.73 Å².